The maximum atomic E-state index is 13.0. The highest BCUT2D eigenvalue weighted by molar-refractivity contribution is 5.88. The zero-order chi connectivity index (χ0) is 21.1. The Morgan fingerprint density at radius 2 is 1.59 bits per heavy atom. The second kappa shape index (κ2) is 11.9. The van der Waals surface area contributed by atoms with Crippen molar-refractivity contribution in [1.29, 1.82) is 0 Å². The van der Waals surface area contributed by atoms with E-state index >= 15 is 0 Å². The van der Waals surface area contributed by atoms with Gasteiger partial charge in [0, 0.05) is 12.6 Å². The number of carbonyl (C=O) groups excluding carboxylic acids is 2. The standard InChI is InChI=1S/C24H32N2O3/c1-4-19(3)25-24(28)22(5-2)26(17-16-20-12-8-6-9-13-20)23(27)18-29-21-14-10-7-11-15-21/h6-15,19,22H,4-5,16-18H2,1-3H3,(H,25,28). The summed E-state index contributed by atoms with van der Waals surface area (Å²) in [5, 5.41) is 3.01. The van der Waals surface area contributed by atoms with E-state index in [1.54, 1.807) is 4.90 Å². The number of carbonyl (C=O) groups is 2. The van der Waals surface area contributed by atoms with E-state index in [9.17, 15) is 9.59 Å². The van der Waals surface area contributed by atoms with E-state index in [0.717, 1.165) is 12.0 Å². The van der Waals surface area contributed by atoms with Crippen LogP contribution in [0.2, 0.25) is 0 Å². The topological polar surface area (TPSA) is 58.6 Å². The van der Waals surface area contributed by atoms with E-state index in [1.165, 1.54) is 0 Å². The van der Waals surface area contributed by atoms with E-state index in [-0.39, 0.29) is 24.5 Å². The molecule has 29 heavy (non-hydrogen) atoms. The molecule has 0 radical (unpaired) electrons. The summed E-state index contributed by atoms with van der Waals surface area (Å²) in [6, 6.07) is 18.8. The summed E-state index contributed by atoms with van der Waals surface area (Å²) in [6.45, 7) is 6.30. The van der Waals surface area contributed by atoms with Gasteiger partial charge < -0.3 is 15.0 Å². The van der Waals surface area contributed by atoms with Crippen molar-refractivity contribution in [2.24, 2.45) is 0 Å². The molecule has 0 heterocycles. The Morgan fingerprint density at radius 3 is 2.17 bits per heavy atom. The molecule has 156 valence electrons. The summed E-state index contributed by atoms with van der Waals surface area (Å²) >= 11 is 0. The molecule has 5 nitrogen and oxygen atoms in total. The van der Waals surface area contributed by atoms with Crippen LogP contribution in [0.4, 0.5) is 0 Å². The molecule has 1 N–H and O–H groups in total. The number of para-hydroxylation sites is 1. The van der Waals surface area contributed by atoms with Crippen LogP contribution in [0.15, 0.2) is 60.7 Å². The molecule has 0 saturated carbocycles. The lowest BCUT2D eigenvalue weighted by Crippen LogP contribution is -2.52. The predicted octanol–water partition coefficient (Wildman–Crippen LogP) is 3.83. The summed E-state index contributed by atoms with van der Waals surface area (Å²) in [5.41, 5.74) is 1.13. The van der Waals surface area contributed by atoms with Crippen molar-refractivity contribution in [3.63, 3.8) is 0 Å². The summed E-state index contributed by atoms with van der Waals surface area (Å²) in [7, 11) is 0. The van der Waals surface area contributed by atoms with Crippen LogP contribution >= 0.6 is 0 Å². The monoisotopic (exact) mass is 396 g/mol. The van der Waals surface area contributed by atoms with Crippen LogP contribution in [0.5, 0.6) is 5.75 Å². The van der Waals surface area contributed by atoms with Crippen LogP contribution < -0.4 is 10.1 Å². The molecule has 2 unspecified atom stereocenters. The van der Waals surface area contributed by atoms with Crippen molar-refractivity contribution in [2.75, 3.05) is 13.2 Å². The molecule has 0 bridgehead atoms. The van der Waals surface area contributed by atoms with Crippen LogP contribution in [0.1, 0.15) is 39.2 Å². The molecule has 0 aliphatic heterocycles. The van der Waals surface area contributed by atoms with Crippen LogP contribution in [0, 0.1) is 0 Å². The van der Waals surface area contributed by atoms with Gasteiger partial charge in [-0.05, 0) is 43.9 Å². The van der Waals surface area contributed by atoms with E-state index in [1.807, 2.05) is 81.4 Å². The maximum Gasteiger partial charge on any atom is 0.261 e. The highest BCUT2D eigenvalue weighted by Gasteiger charge is 2.29. The van der Waals surface area contributed by atoms with E-state index in [2.05, 4.69) is 5.32 Å². The predicted molar refractivity (Wildman–Crippen MR) is 116 cm³/mol. The minimum absolute atomic E-state index is 0.0724. The van der Waals surface area contributed by atoms with Crippen LogP contribution in [-0.2, 0) is 16.0 Å². The van der Waals surface area contributed by atoms with Crippen LogP contribution in [-0.4, -0.2) is 41.9 Å². The molecular weight excluding hydrogens is 364 g/mol. The number of hydrogen-bond acceptors (Lipinski definition) is 3. The van der Waals surface area contributed by atoms with Crippen molar-refractivity contribution < 1.29 is 14.3 Å². The summed E-state index contributed by atoms with van der Waals surface area (Å²) in [4.78, 5) is 27.5. The normalized spacial score (nSPS) is 12.7. The largest absolute Gasteiger partial charge is 0.484 e. The number of amides is 2. The second-order valence-electron chi connectivity index (χ2n) is 7.17. The average Bonchev–Trinajstić information content (AvgIpc) is 2.76. The van der Waals surface area contributed by atoms with Crippen LogP contribution in [0.25, 0.3) is 0 Å². The molecule has 0 saturated heterocycles. The van der Waals surface area contributed by atoms with Gasteiger partial charge in [-0.2, -0.15) is 0 Å². The van der Waals surface area contributed by atoms with Gasteiger partial charge in [0.1, 0.15) is 11.8 Å². The van der Waals surface area contributed by atoms with Gasteiger partial charge >= 0.3 is 0 Å². The van der Waals surface area contributed by atoms with Gasteiger partial charge in [-0.25, -0.2) is 0 Å². The summed E-state index contributed by atoms with van der Waals surface area (Å²) in [5.74, 6) is 0.347. The molecule has 2 atom stereocenters. The van der Waals surface area contributed by atoms with Crippen LogP contribution in [0.3, 0.4) is 0 Å². The van der Waals surface area contributed by atoms with E-state index < -0.39 is 6.04 Å². The fourth-order valence-electron chi connectivity index (χ4n) is 3.08. The Labute approximate surface area is 174 Å². The highest BCUT2D eigenvalue weighted by atomic mass is 16.5. The van der Waals surface area contributed by atoms with E-state index in [0.29, 0.717) is 25.1 Å². The molecule has 5 heteroatoms. The highest BCUT2D eigenvalue weighted by Crippen LogP contribution is 2.12. The van der Waals surface area contributed by atoms with Crippen molar-refractivity contribution in [2.45, 2.75) is 52.1 Å². The zero-order valence-corrected chi connectivity index (χ0v) is 17.6. The number of benzene rings is 2. The minimum Gasteiger partial charge on any atom is -0.484 e. The lowest BCUT2D eigenvalue weighted by molar-refractivity contribution is -0.142. The van der Waals surface area contributed by atoms with Gasteiger partial charge in [0.05, 0.1) is 0 Å². The molecule has 2 aromatic rings. The number of hydrogen-bond donors (Lipinski definition) is 1. The fourth-order valence-corrected chi connectivity index (χ4v) is 3.08. The number of nitrogens with zero attached hydrogens (tertiary/aromatic N) is 1. The number of ether oxygens (including phenoxy) is 1. The molecule has 2 amide bonds. The first-order valence-corrected chi connectivity index (χ1v) is 10.4. The number of nitrogens with one attached hydrogen (secondary N) is 1. The first-order valence-electron chi connectivity index (χ1n) is 10.4. The Kier molecular flexibility index (Phi) is 9.22. The van der Waals surface area contributed by atoms with Crippen molar-refractivity contribution >= 4 is 11.8 Å². The summed E-state index contributed by atoms with van der Waals surface area (Å²) < 4.78 is 5.65. The average molecular weight is 397 g/mol. The van der Waals surface area contributed by atoms with Gasteiger partial charge in [-0.1, -0.05) is 62.4 Å². The molecular formula is C24H32N2O3. The molecule has 0 fully saturated rings. The molecule has 0 aromatic heterocycles. The molecule has 0 spiro atoms. The van der Waals surface area contributed by atoms with E-state index in [4.69, 9.17) is 4.74 Å². The second-order valence-corrected chi connectivity index (χ2v) is 7.17. The Balaban J connectivity index is 2.11. The zero-order valence-electron chi connectivity index (χ0n) is 17.6. The third kappa shape index (κ3) is 7.26. The van der Waals surface area contributed by atoms with Gasteiger partial charge in [-0.3, -0.25) is 9.59 Å². The van der Waals surface area contributed by atoms with Crippen molar-refractivity contribution in [3.8, 4) is 5.75 Å². The molecule has 2 aromatic carbocycles. The van der Waals surface area contributed by atoms with Gasteiger partial charge in [0.25, 0.3) is 5.91 Å². The SMILES string of the molecule is CCC(C)NC(=O)C(CC)N(CCc1ccccc1)C(=O)COc1ccccc1. The lowest BCUT2D eigenvalue weighted by atomic mass is 10.1. The van der Waals surface area contributed by atoms with Gasteiger partial charge in [0.2, 0.25) is 5.91 Å². The molecule has 2 rings (SSSR count). The summed E-state index contributed by atoms with van der Waals surface area (Å²) in [6.07, 6.45) is 2.08. The first-order chi connectivity index (χ1) is 14.0. The number of rotatable bonds is 11. The smallest absolute Gasteiger partial charge is 0.261 e. The minimum atomic E-state index is -0.514. The first kappa shape index (κ1) is 22.5. The molecule has 0 aliphatic rings. The van der Waals surface area contributed by atoms with Gasteiger partial charge in [-0.15, -0.1) is 0 Å². The quantitative estimate of drug-likeness (QED) is 0.628. The third-order valence-corrected chi connectivity index (χ3v) is 4.98. The Morgan fingerprint density at radius 1 is 0.966 bits per heavy atom. The third-order valence-electron chi connectivity index (χ3n) is 4.98. The van der Waals surface area contributed by atoms with Crippen molar-refractivity contribution in [1.82, 2.24) is 10.2 Å². The maximum absolute atomic E-state index is 13.0. The molecule has 0 aliphatic carbocycles. The van der Waals surface area contributed by atoms with Gasteiger partial charge in [0.15, 0.2) is 6.61 Å². The Bertz CT molecular complexity index is 749. The lowest BCUT2D eigenvalue weighted by Gasteiger charge is -2.31. The van der Waals surface area contributed by atoms with Crippen molar-refractivity contribution in [3.05, 3.63) is 66.2 Å². The fraction of sp³-hybridized carbons (Fsp3) is 0.417. The Hall–Kier alpha value is -2.82.